The van der Waals surface area contributed by atoms with Crippen molar-refractivity contribution in [1.29, 1.82) is 0 Å². The molecule has 0 unspecified atom stereocenters. The standard InChI is InChI=1S/C12H14ClNO4/c1-17-12(18-2)6-14(7-12)10-4-8(11(15)16)3-9(13)5-10/h3-5H,6-7H2,1-2H3,(H,15,16). The van der Waals surface area contributed by atoms with Crippen LogP contribution in [0.2, 0.25) is 5.02 Å². The van der Waals surface area contributed by atoms with Gasteiger partial charge in [-0.05, 0) is 18.2 Å². The molecule has 0 saturated carbocycles. The Labute approximate surface area is 110 Å². The number of ether oxygens (including phenoxy) is 2. The number of hydrogen-bond acceptors (Lipinski definition) is 4. The van der Waals surface area contributed by atoms with Gasteiger partial charge in [-0.3, -0.25) is 0 Å². The van der Waals surface area contributed by atoms with Crippen molar-refractivity contribution >= 4 is 23.3 Å². The first-order valence-electron chi connectivity index (χ1n) is 5.39. The van der Waals surface area contributed by atoms with Gasteiger partial charge in [0.05, 0.1) is 18.7 Å². The Bertz CT molecular complexity index is 465. The molecule has 1 fully saturated rings. The zero-order chi connectivity index (χ0) is 13.3. The molecular weight excluding hydrogens is 258 g/mol. The van der Waals surface area contributed by atoms with Crippen LogP contribution in [-0.4, -0.2) is 44.2 Å². The van der Waals surface area contributed by atoms with Crippen molar-refractivity contribution < 1.29 is 19.4 Å². The minimum absolute atomic E-state index is 0.171. The average molecular weight is 272 g/mol. The Hall–Kier alpha value is -1.30. The van der Waals surface area contributed by atoms with Crippen LogP contribution in [0.15, 0.2) is 18.2 Å². The van der Waals surface area contributed by atoms with Crippen LogP contribution < -0.4 is 4.90 Å². The zero-order valence-electron chi connectivity index (χ0n) is 10.1. The van der Waals surface area contributed by atoms with E-state index in [0.29, 0.717) is 18.1 Å². The molecule has 18 heavy (non-hydrogen) atoms. The van der Waals surface area contributed by atoms with E-state index in [1.165, 1.54) is 6.07 Å². The molecule has 0 radical (unpaired) electrons. The van der Waals surface area contributed by atoms with Crippen molar-refractivity contribution in [3.63, 3.8) is 0 Å². The van der Waals surface area contributed by atoms with Crippen molar-refractivity contribution in [3.05, 3.63) is 28.8 Å². The van der Waals surface area contributed by atoms with E-state index >= 15 is 0 Å². The molecule has 1 saturated heterocycles. The van der Waals surface area contributed by atoms with E-state index in [-0.39, 0.29) is 5.56 Å². The number of anilines is 1. The van der Waals surface area contributed by atoms with Crippen LogP contribution in [0.3, 0.4) is 0 Å². The lowest BCUT2D eigenvalue weighted by atomic mass is 10.0. The van der Waals surface area contributed by atoms with Gasteiger partial charge in [0.25, 0.3) is 0 Å². The summed E-state index contributed by atoms with van der Waals surface area (Å²) < 4.78 is 10.5. The van der Waals surface area contributed by atoms with Crippen LogP contribution in [0.5, 0.6) is 0 Å². The normalized spacial score (nSPS) is 17.4. The number of methoxy groups -OCH3 is 2. The van der Waals surface area contributed by atoms with Gasteiger partial charge in [-0.2, -0.15) is 0 Å². The van der Waals surface area contributed by atoms with Gasteiger partial charge in [0.2, 0.25) is 5.79 Å². The van der Waals surface area contributed by atoms with Crippen LogP contribution >= 0.6 is 11.6 Å². The summed E-state index contributed by atoms with van der Waals surface area (Å²) in [6.07, 6.45) is 0. The van der Waals surface area contributed by atoms with Crippen molar-refractivity contribution in [2.45, 2.75) is 5.79 Å². The molecule has 0 aliphatic carbocycles. The number of nitrogens with zero attached hydrogens (tertiary/aromatic N) is 1. The van der Waals surface area contributed by atoms with Gasteiger partial charge in [-0.25, -0.2) is 4.79 Å². The van der Waals surface area contributed by atoms with Gasteiger partial charge in [-0.15, -0.1) is 0 Å². The molecule has 0 amide bonds. The van der Waals surface area contributed by atoms with Crippen LogP contribution in [-0.2, 0) is 9.47 Å². The van der Waals surface area contributed by atoms with Gasteiger partial charge in [0.15, 0.2) is 0 Å². The second kappa shape index (κ2) is 4.76. The second-order valence-electron chi connectivity index (χ2n) is 4.18. The van der Waals surface area contributed by atoms with Crippen molar-refractivity contribution in [3.8, 4) is 0 Å². The molecule has 1 N–H and O–H groups in total. The SMILES string of the molecule is COC1(OC)CN(c2cc(Cl)cc(C(=O)O)c2)C1. The zero-order valence-corrected chi connectivity index (χ0v) is 10.9. The summed E-state index contributed by atoms with van der Waals surface area (Å²) in [7, 11) is 3.17. The van der Waals surface area contributed by atoms with Gasteiger partial charge >= 0.3 is 5.97 Å². The highest BCUT2D eigenvalue weighted by Crippen LogP contribution is 2.32. The number of carboxylic acids is 1. The lowest BCUT2D eigenvalue weighted by molar-refractivity contribution is -0.219. The van der Waals surface area contributed by atoms with E-state index in [0.717, 1.165) is 5.69 Å². The first-order valence-corrected chi connectivity index (χ1v) is 5.76. The highest BCUT2D eigenvalue weighted by atomic mass is 35.5. The number of hydrogen-bond donors (Lipinski definition) is 1. The highest BCUT2D eigenvalue weighted by Gasteiger charge is 2.44. The summed E-state index contributed by atoms with van der Waals surface area (Å²) in [6.45, 7) is 1.08. The number of carbonyl (C=O) groups is 1. The maximum atomic E-state index is 10.9. The quantitative estimate of drug-likeness (QED) is 0.847. The van der Waals surface area contributed by atoms with E-state index in [2.05, 4.69) is 0 Å². The fraction of sp³-hybridized carbons (Fsp3) is 0.417. The van der Waals surface area contributed by atoms with E-state index in [1.54, 1.807) is 26.4 Å². The van der Waals surface area contributed by atoms with Crippen molar-refractivity contribution in [1.82, 2.24) is 0 Å². The summed E-state index contributed by atoms with van der Waals surface area (Å²) >= 11 is 5.91. The van der Waals surface area contributed by atoms with Gasteiger partial charge in [0, 0.05) is 24.9 Å². The first-order chi connectivity index (χ1) is 8.49. The number of benzene rings is 1. The molecule has 2 rings (SSSR count). The molecular formula is C12H14ClNO4. The summed E-state index contributed by atoms with van der Waals surface area (Å²) in [6, 6.07) is 4.74. The minimum atomic E-state index is -0.996. The molecule has 0 bridgehead atoms. The monoisotopic (exact) mass is 271 g/mol. The first kappa shape index (κ1) is 13.1. The summed E-state index contributed by atoms with van der Waals surface area (Å²) in [5, 5.41) is 9.37. The molecule has 6 heteroatoms. The summed E-state index contributed by atoms with van der Waals surface area (Å²) in [4.78, 5) is 12.9. The summed E-state index contributed by atoms with van der Waals surface area (Å²) in [5.74, 6) is -1.60. The molecule has 1 aromatic carbocycles. The largest absolute Gasteiger partial charge is 0.478 e. The number of rotatable bonds is 4. The summed E-state index contributed by atoms with van der Waals surface area (Å²) in [5.41, 5.74) is 0.925. The number of aromatic carboxylic acids is 1. The molecule has 1 aromatic rings. The predicted molar refractivity (Wildman–Crippen MR) is 67.4 cm³/mol. The molecule has 1 heterocycles. The minimum Gasteiger partial charge on any atom is -0.478 e. The van der Waals surface area contributed by atoms with Gasteiger partial charge in [-0.1, -0.05) is 11.6 Å². The topological polar surface area (TPSA) is 59.0 Å². The predicted octanol–water partition coefficient (Wildman–Crippen LogP) is 1.85. The molecule has 1 aliphatic rings. The third kappa shape index (κ3) is 2.29. The third-order valence-corrected chi connectivity index (χ3v) is 3.32. The van der Waals surface area contributed by atoms with Crippen LogP contribution in [0, 0.1) is 0 Å². The van der Waals surface area contributed by atoms with E-state index in [1.807, 2.05) is 4.90 Å². The third-order valence-electron chi connectivity index (χ3n) is 3.10. The highest BCUT2D eigenvalue weighted by molar-refractivity contribution is 6.31. The maximum Gasteiger partial charge on any atom is 0.335 e. The molecule has 0 spiro atoms. The van der Waals surface area contributed by atoms with E-state index in [4.69, 9.17) is 26.2 Å². The number of halogens is 1. The Kier molecular flexibility index (Phi) is 3.47. The number of carboxylic acid groups (broad SMARTS) is 1. The lowest BCUT2D eigenvalue weighted by Gasteiger charge is -2.48. The van der Waals surface area contributed by atoms with Crippen LogP contribution in [0.25, 0.3) is 0 Å². The average Bonchev–Trinajstić information content (AvgIpc) is 2.28. The fourth-order valence-electron chi connectivity index (χ4n) is 1.94. The van der Waals surface area contributed by atoms with Gasteiger partial charge in [0.1, 0.15) is 0 Å². The molecule has 0 aromatic heterocycles. The smallest absolute Gasteiger partial charge is 0.335 e. The van der Waals surface area contributed by atoms with Crippen molar-refractivity contribution in [2.75, 3.05) is 32.2 Å². The van der Waals surface area contributed by atoms with E-state index < -0.39 is 11.8 Å². The van der Waals surface area contributed by atoms with Crippen LogP contribution in [0.4, 0.5) is 5.69 Å². The Morgan fingerprint density at radius 1 is 1.33 bits per heavy atom. The van der Waals surface area contributed by atoms with Gasteiger partial charge < -0.3 is 19.5 Å². The Morgan fingerprint density at radius 2 is 1.94 bits per heavy atom. The maximum absolute atomic E-state index is 10.9. The molecule has 98 valence electrons. The fourth-order valence-corrected chi connectivity index (χ4v) is 2.17. The second-order valence-corrected chi connectivity index (χ2v) is 4.61. The lowest BCUT2D eigenvalue weighted by Crippen LogP contribution is -2.64. The Balaban J connectivity index is 2.19. The Morgan fingerprint density at radius 3 is 2.44 bits per heavy atom. The molecule has 5 nitrogen and oxygen atoms in total. The van der Waals surface area contributed by atoms with Crippen molar-refractivity contribution in [2.24, 2.45) is 0 Å². The molecule has 1 aliphatic heterocycles. The van der Waals surface area contributed by atoms with Crippen LogP contribution in [0.1, 0.15) is 10.4 Å². The molecule has 0 atom stereocenters. The van der Waals surface area contributed by atoms with E-state index in [9.17, 15) is 4.79 Å².